The van der Waals surface area contributed by atoms with E-state index in [1.807, 2.05) is 28.7 Å². The lowest BCUT2D eigenvalue weighted by atomic mass is 9.84. The molecule has 1 aliphatic carbocycles. The highest BCUT2D eigenvalue weighted by Gasteiger charge is 2.46. The summed E-state index contributed by atoms with van der Waals surface area (Å²) in [6.07, 6.45) is -9.26. The zero-order valence-corrected chi connectivity index (χ0v) is 34.9. The molecule has 4 rings (SSSR count). The second kappa shape index (κ2) is 18.1. The number of alkyl carbamates (subject to hydrolysis) is 2. The minimum Gasteiger partial charge on any atom is -0.444 e. The van der Waals surface area contributed by atoms with Gasteiger partial charge in [-0.05, 0) is 102 Å². The molecule has 0 bridgehead atoms. The summed E-state index contributed by atoms with van der Waals surface area (Å²) in [6, 6.07) is 4.70. The second-order valence-corrected chi connectivity index (χ2v) is 17.6. The molecule has 60 heavy (non-hydrogen) atoms. The molecule has 1 saturated carbocycles. The van der Waals surface area contributed by atoms with E-state index in [1.54, 1.807) is 13.8 Å². The van der Waals surface area contributed by atoms with Gasteiger partial charge in [0, 0.05) is 23.4 Å². The molecule has 2 radical (unpaired) electrons. The Morgan fingerprint density at radius 3 is 2.20 bits per heavy atom. The number of halogens is 8. The number of carbonyl (C=O) groups excluding carboxylic acids is 2. The maximum atomic E-state index is 15.3. The molecule has 2 amide bonds. The molecule has 2 aromatic carbocycles. The van der Waals surface area contributed by atoms with Crippen LogP contribution in [0.2, 0.25) is 0 Å². The van der Waals surface area contributed by atoms with Crippen LogP contribution in [0.3, 0.4) is 0 Å². The number of nitrogens with one attached hydrogen (secondary N) is 4. The lowest BCUT2D eigenvalue weighted by Gasteiger charge is -2.27. The number of ether oxygens (including phenoxy) is 2. The van der Waals surface area contributed by atoms with E-state index in [4.69, 9.17) is 23.1 Å². The first-order valence-corrected chi connectivity index (χ1v) is 19.8. The SMILES string of the molecule is [B]c1cc([NH+]=C(C(=CN)NC(=O)OC(C)(C)C)C(F)(F)F)c(F)cc1CC1CC1CC(C)(C)OC(=O)NC(=C(Nc1cc(C2(C)C=CSC2)ccc1F)C(F)(F)F)C(C)[NH3+]. The third-order valence-electron chi connectivity index (χ3n) is 9.60. The average molecular weight is 873 g/mol. The molecule has 10 nitrogen and oxygen atoms in total. The minimum absolute atomic E-state index is 0.0368. The van der Waals surface area contributed by atoms with Gasteiger partial charge in [-0.1, -0.05) is 30.1 Å². The molecule has 4 atom stereocenters. The first kappa shape index (κ1) is 48.0. The van der Waals surface area contributed by atoms with Crippen molar-refractivity contribution in [3.63, 3.8) is 0 Å². The number of rotatable bonds is 13. The highest BCUT2D eigenvalue weighted by Crippen LogP contribution is 2.47. The fraction of sp³-hybridized carbons (Fsp3) is 0.475. The number of amides is 2. The van der Waals surface area contributed by atoms with Crippen LogP contribution in [0.5, 0.6) is 0 Å². The number of carbonyl (C=O) groups is 2. The maximum absolute atomic E-state index is 15.3. The summed E-state index contributed by atoms with van der Waals surface area (Å²) in [6.45, 7) is 10.8. The van der Waals surface area contributed by atoms with Crippen molar-refractivity contribution in [2.45, 2.75) is 103 Å². The summed E-state index contributed by atoms with van der Waals surface area (Å²) in [5.74, 6) is -1.62. The van der Waals surface area contributed by atoms with Gasteiger partial charge in [0.05, 0.1) is 5.69 Å². The summed E-state index contributed by atoms with van der Waals surface area (Å²) in [4.78, 5) is 27.3. The highest BCUT2D eigenvalue weighted by atomic mass is 32.2. The third kappa shape index (κ3) is 12.9. The van der Waals surface area contributed by atoms with Crippen molar-refractivity contribution in [1.82, 2.24) is 10.6 Å². The number of allylic oxidation sites excluding steroid dienone is 3. The number of hydrogen-bond acceptors (Lipinski definition) is 7. The number of anilines is 1. The van der Waals surface area contributed by atoms with Crippen molar-refractivity contribution in [2.75, 3.05) is 11.1 Å². The number of thioether (sulfide) groups is 1. The molecule has 1 aliphatic heterocycles. The van der Waals surface area contributed by atoms with Crippen molar-refractivity contribution in [3.8, 4) is 0 Å². The van der Waals surface area contributed by atoms with E-state index in [0.717, 1.165) is 18.2 Å². The molecule has 9 N–H and O–H groups in total. The van der Waals surface area contributed by atoms with Crippen molar-refractivity contribution in [2.24, 2.45) is 17.6 Å². The predicted molar refractivity (Wildman–Crippen MR) is 213 cm³/mol. The zero-order chi connectivity index (χ0) is 45.2. The Morgan fingerprint density at radius 2 is 1.65 bits per heavy atom. The Balaban J connectivity index is 1.45. The second-order valence-electron chi connectivity index (χ2n) is 16.7. The molecule has 4 unspecified atom stereocenters. The zero-order valence-electron chi connectivity index (χ0n) is 34.1. The van der Waals surface area contributed by atoms with Crippen LogP contribution in [0.1, 0.15) is 72.4 Å². The molecule has 1 heterocycles. The Kier molecular flexibility index (Phi) is 14.5. The molecular formula is C40H49BF8N6O4S+2. The number of alkyl halides is 6. The van der Waals surface area contributed by atoms with Gasteiger partial charge in [0.2, 0.25) is 5.69 Å². The van der Waals surface area contributed by atoms with Gasteiger partial charge in [-0.2, -0.15) is 35.7 Å². The van der Waals surface area contributed by atoms with Crippen LogP contribution in [-0.4, -0.2) is 61.1 Å². The molecule has 2 aliphatic rings. The molecular weight excluding hydrogens is 823 g/mol. The van der Waals surface area contributed by atoms with Crippen LogP contribution in [-0.2, 0) is 21.3 Å². The van der Waals surface area contributed by atoms with Gasteiger partial charge in [0.25, 0.3) is 0 Å². The van der Waals surface area contributed by atoms with Crippen LogP contribution in [0.4, 0.5) is 56.1 Å². The third-order valence-corrected chi connectivity index (χ3v) is 10.7. The van der Waals surface area contributed by atoms with E-state index < -0.39 is 93.0 Å². The molecule has 0 aromatic heterocycles. The van der Waals surface area contributed by atoms with Gasteiger partial charge >= 0.3 is 30.3 Å². The van der Waals surface area contributed by atoms with Gasteiger partial charge in [0.1, 0.15) is 48.0 Å². The Morgan fingerprint density at radius 1 is 1.00 bits per heavy atom. The summed E-state index contributed by atoms with van der Waals surface area (Å²) >= 11 is 1.52. The van der Waals surface area contributed by atoms with Crippen molar-refractivity contribution in [3.05, 3.63) is 87.9 Å². The van der Waals surface area contributed by atoms with Crippen molar-refractivity contribution in [1.29, 1.82) is 0 Å². The molecule has 0 saturated heterocycles. The van der Waals surface area contributed by atoms with Gasteiger partial charge in [-0.3, -0.25) is 10.6 Å². The van der Waals surface area contributed by atoms with E-state index in [0.29, 0.717) is 23.9 Å². The Labute approximate surface area is 348 Å². The largest absolute Gasteiger partial charge is 0.479 e. The van der Waals surface area contributed by atoms with Gasteiger partial charge < -0.3 is 26.3 Å². The average Bonchev–Trinajstić information content (AvgIpc) is 3.63. The normalized spacial score (nSPS) is 20.9. The minimum atomic E-state index is -5.13. The number of hydrogen-bond donors (Lipinski definition) is 6. The topological polar surface area (TPSA) is 156 Å². The summed E-state index contributed by atoms with van der Waals surface area (Å²) in [5.41, 5.74) is 1.41. The van der Waals surface area contributed by atoms with Crippen LogP contribution in [0.15, 0.2) is 65.1 Å². The van der Waals surface area contributed by atoms with Crippen LogP contribution < -0.4 is 37.9 Å². The van der Waals surface area contributed by atoms with E-state index in [1.165, 1.54) is 51.6 Å². The van der Waals surface area contributed by atoms with Gasteiger partial charge in [-0.25, -0.2) is 14.0 Å². The summed E-state index contributed by atoms with van der Waals surface area (Å²) < 4.78 is 127. The van der Waals surface area contributed by atoms with Crippen molar-refractivity contribution < 1.29 is 64.9 Å². The maximum Gasteiger partial charge on any atom is 0.479 e. The molecule has 326 valence electrons. The lowest BCUT2D eigenvalue weighted by Crippen LogP contribution is -2.72. The molecule has 2 aromatic rings. The van der Waals surface area contributed by atoms with Crippen LogP contribution >= 0.6 is 11.8 Å². The van der Waals surface area contributed by atoms with E-state index >= 15 is 4.39 Å². The van der Waals surface area contributed by atoms with Crippen LogP contribution in [0.25, 0.3) is 0 Å². The fourth-order valence-corrected chi connectivity index (χ4v) is 7.67. The summed E-state index contributed by atoms with van der Waals surface area (Å²) in [7, 11) is 6.15. The van der Waals surface area contributed by atoms with Crippen LogP contribution in [0, 0.1) is 23.5 Å². The highest BCUT2D eigenvalue weighted by molar-refractivity contribution is 8.02. The number of nitrogens with two attached hydrogens (primary N) is 1. The molecule has 1 fully saturated rings. The molecule has 0 spiro atoms. The van der Waals surface area contributed by atoms with Gasteiger partial charge in [0.15, 0.2) is 5.82 Å². The van der Waals surface area contributed by atoms with E-state index in [2.05, 4.69) is 16.4 Å². The standard InChI is InChI=1S/C40H47BF8N6O4S/c1-20(51)31(33(40(47,48)49)53-28-15-24(8-9-26(28)42)38(7)10-11-60-19-38)55-35(57)59-37(5,6)17-23-13-21(23)12-22-14-27(43)29(16-25(22)41)52-32(39(44,45)46)30(18-50)54-34(56)58-36(2,3)4/h8-11,14-16,18,20-21,23,53H,12-13,17,19,50-51H2,1-7H3,(H,54,56)(H,55,57)/p+2. The predicted octanol–water partition coefficient (Wildman–Crippen LogP) is 5.91. The molecule has 20 heteroatoms. The van der Waals surface area contributed by atoms with Gasteiger partial charge in [-0.15, -0.1) is 11.8 Å². The van der Waals surface area contributed by atoms with Crippen molar-refractivity contribution >= 4 is 54.3 Å². The monoisotopic (exact) mass is 872 g/mol. The number of benzene rings is 2. The fourth-order valence-electron chi connectivity index (χ4n) is 6.56. The first-order valence-electron chi connectivity index (χ1n) is 18.7. The van der Waals surface area contributed by atoms with E-state index in [-0.39, 0.29) is 35.7 Å². The first-order chi connectivity index (χ1) is 27.5. The Bertz CT molecular complexity index is 2080. The lowest BCUT2D eigenvalue weighted by molar-refractivity contribution is -0.402. The summed E-state index contributed by atoms with van der Waals surface area (Å²) in [5, 5.41) is 8.11. The van der Waals surface area contributed by atoms with E-state index in [9.17, 15) is 40.3 Å². The Hall–Kier alpha value is -4.72. The smallest absolute Gasteiger partial charge is 0.444 e. The quantitative estimate of drug-likeness (QED) is 0.0832. The number of quaternary nitrogens is 1.